The van der Waals surface area contributed by atoms with Gasteiger partial charge in [-0.25, -0.2) is 0 Å². The van der Waals surface area contributed by atoms with Crippen LogP contribution in [0.1, 0.15) is 45.8 Å². The van der Waals surface area contributed by atoms with Gasteiger partial charge in [-0.15, -0.1) is 0 Å². The van der Waals surface area contributed by atoms with E-state index in [0.717, 1.165) is 47.7 Å². The summed E-state index contributed by atoms with van der Waals surface area (Å²) in [5.41, 5.74) is 4.37. The van der Waals surface area contributed by atoms with E-state index < -0.39 is 6.10 Å². The number of nitrogens with zero attached hydrogens (tertiary/aromatic N) is 2. The summed E-state index contributed by atoms with van der Waals surface area (Å²) >= 11 is 1.87. The number of hydrogen-bond donors (Lipinski definition) is 0. The Balaban J connectivity index is 1.47. The van der Waals surface area contributed by atoms with E-state index in [1.165, 1.54) is 11.8 Å². The predicted molar refractivity (Wildman–Crippen MR) is 137 cm³/mol. The summed E-state index contributed by atoms with van der Waals surface area (Å²) in [7, 11) is 0. The molecule has 182 valence electrons. The number of rotatable bonds is 5. The number of carbonyl (C=O) groups is 2. The molecule has 0 spiro atoms. The minimum absolute atomic E-state index is 0.0212. The van der Waals surface area contributed by atoms with Crippen molar-refractivity contribution in [1.82, 2.24) is 9.80 Å². The molecule has 0 aliphatic carbocycles. The van der Waals surface area contributed by atoms with Crippen LogP contribution in [0.5, 0.6) is 5.75 Å². The van der Waals surface area contributed by atoms with Crippen molar-refractivity contribution in [3.05, 3.63) is 88.9 Å². The van der Waals surface area contributed by atoms with Crippen LogP contribution in [0.25, 0.3) is 0 Å². The second-order valence-electron chi connectivity index (χ2n) is 9.10. The van der Waals surface area contributed by atoms with E-state index >= 15 is 0 Å². The summed E-state index contributed by atoms with van der Waals surface area (Å²) in [5.74, 6) is 2.79. The number of thioether (sulfide) groups is 1. The van der Waals surface area contributed by atoms with Crippen LogP contribution < -0.4 is 4.74 Å². The lowest BCUT2D eigenvalue weighted by molar-refractivity contribution is -0.137. The zero-order valence-electron chi connectivity index (χ0n) is 20.1. The number of fused-ring (bicyclic) bond motifs is 1. The molecule has 35 heavy (non-hydrogen) atoms. The Hall–Kier alpha value is -3.19. The third-order valence-corrected chi connectivity index (χ3v) is 7.62. The highest BCUT2D eigenvalue weighted by molar-refractivity contribution is 7.99. The number of aryl methyl sites for hydroxylation is 1. The summed E-state index contributed by atoms with van der Waals surface area (Å²) in [4.78, 5) is 30.1. The van der Waals surface area contributed by atoms with Crippen LogP contribution in [0, 0.1) is 6.92 Å². The molecule has 2 aromatic carbocycles. The van der Waals surface area contributed by atoms with Gasteiger partial charge in [-0.3, -0.25) is 9.59 Å². The van der Waals surface area contributed by atoms with Gasteiger partial charge < -0.3 is 19.0 Å². The molecule has 2 aliphatic heterocycles. The van der Waals surface area contributed by atoms with Crippen molar-refractivity contribution in [3.63, 3.8) is 0 Å². The lowest BCUT2D eigenvalue weighted by atomic mass is 9.87. The normalized spacial score (nSPS) is 18.6. The highest BCUT2D eigenvalue weighted by atomic mass is 32.2. The zero-order chi connectivity index (χ0) is 24.4. The van der Waals surface area contributed by atoms with Gasteiger partial charge in [-0.1, -0.05) is 35.9 Å². The molecular formula is C28H30N2O4S. The van der Waals surface area contributed by atoms with Crippen molar-refractivity contribution < 1.29 is 18.7 Å². The van der Waals surface area contributed by atoms with E-state index in [1.54, 1.807) is 12.1 Å². The van der Waals surface area contributed by atoms with Crippen LogP contribution >= 0.6 is 11.8 Å². The van der Waals surface area contributed by atoms with Gasteiger partial charge in [0.1, 0.15) is 5.75 Å². The molecule has 0 radical (unpaired) electrons. The van der Waals surface area contributed by atoms with E-state index in [4.69, 9.17) is 9.15 Å². The molecule has 2 amide bonds. The molecule has 0 unspecified atom stereocenters. The van der Waals surface area contributed by atoms with E-state index in [2.05, 4.69) is 31.2 Å². The van der Waals surface area contributed by atoms with Crippen LogP contribution in [0.4, 0.5) is 0 Å². The topological polar surface area (TPSA) is 63.0 Å². The standard InChI is InChI=1S/C28H30N2O4S/c1-19-5-3-6-22(17-19)26-24-18-23(34-20(2)27(31)29-12-15-35-16-13-29)9-8-21(24)10-11-30(26)28(32)25-7-4-14-33-25/h3-9,14,17-18,20,26H,10-13,15-16H2,1-2H3/t20-,26+/m0/s1. The van der Waals surface area contributed by atoms with Crippen LogP contribution in [0.3, 0.4) is 0 Å². The number of ether oxygens (including phenoxy) is 1. The van der Waals surface area contributed by atoms with E-state index in [1.807, 2.05) is 46.7 Å². The molecule has 2 aliphatic rings. The van der Waals surface area contributed by atoms with Gasteiger partial charge in [0.15, 0.2) is 11.9 Å². The first-order chi connectivity index (χ1) is 17.0. The number of hydrogen-bond acceptors (Lipinski definition) is 5. The summed E-state index contributed by atoms with van der Waals surface area (Å²) in [6, 6.07) is 17.4. The summed E-state index contributed by atoms with van der Waals surface area (Å²) in [6.07, 6.45) is 1.70. The van der Waals surface area contributed by atoms with Crippen LogP contribution in [-0.4, -0.2) is 58.9 Å². The SMILES string of the molecule is Cc1cccc([C@@H]2c3cc(O[C@@H](C)C(=O)N4CCSCC4)ccc3CCN2C(=O)c2ccco2)c1. The number of carbonyl (C=O) groups excluding carboxylic acids is 2. The maximum absolute atomic E-state index is 13.4. The maximum Gasteiger partial charge on any atom is 0.290 e. The molecule has 6 nitrogen and oxygen atoms in total. The minimum atomic E-state index is -0.571. The molecule has 7 heteroatoms. The van der Waals surface area contributed by atoms with Crippen molar-refractivity contribution in [1.29, 1.82) is 0 Å². The van der Waals surface area contributed by atoms with E-state index in [0.29, 0.717) is 18.1 Å². The Kier molecular flexibility index (Phi) is 6.86. The van der Waals surface area contributed by atoms with Crippen molar-refractivity contribution in [3.8, 4) is 5.75 Å². The number of amides is 2. The maximum atomic E-state index is 13.4. The van der Waals surface area contributed by atoms with Crippen LogP contribution in [0.15, 0.2) is 65.3 Å². The summed E-state index contributed by atoms with van der Waals surface area (Å²) < 4.78 is 11.6. The highest BCUT2D eigenvalue weighted by Gasteiger charge is 2.34. The molecular weight excluding hydrogens is 460 g/mol. The van der Waals surface area contributed by atoms with Gasteiger partial charge in [0.25, 0.3) is 11.8 Å². The van der Waals surface area contributed by atoms with Gasteiger partial charge in [-0.2, -0.15) is 11.8 Å². The lowest BCUT2D eigenvalue weighted by Gasteiger charge is -2.37. The minimum Gasteiger partial charge on any atom is -0.481 e. The van der Waals surface area contributed by atoms with Gasteiger partial charge in [-0.05, 0) is 61.2 Å². The Morgan fingerprint density at radius 3 is 2.63 bits per heavy atom. The quantitative estimate of drug-likeness (QED) is 0.518. The number of benzene rings is 2. The van der Waals surface area contributed by atoms with Gasteiger partial charge in [0.2, 0.25) is 0 Å². The lowest BCUT2D eigenvalue weighted by Crippen LogP contribution is -2.44. The predicted octanol–water partition coefficient (Wildman–Crippen LogP) is 4.72. The first kappa shape index (κ1) is 23.5. The fourth-order valence-corrected chi connectivity index (χ4v) is 5.83. The van der Waals surface area contributed by atoms with E-state index in [-0.39, 0.29) is 17.9 Å². The van der Waals surface area contributed by atoms with Crippen molar-refractivity contribution in [2.45, 2.75) is 32.4 Å². The molecule has 0 saturated carbocycles. The molecule has 0 bridgehead atoms. The molecule has 1 fully saturated rings. The Morgan fingerprint density at radius 2 is 1.89 bits per heavy atom. The second-order valence-corrected chi connectivity index (χ2v) is 10.3. The first-order valence-electron chi connectivity index (χ1n) is 12.1. The zero-order valence-corrected chi connectivity index (χ0v) is 20.9. The van der Waals surface area contributed by atoms with Gasteiger partial charge in [0.05, 0.1) is 12.3 Å². The third kappa shape index (κ3) is 4.96. The molecule has 3 aromatic rings. The number of furan rings is 1. The third-order valence-electron chi connectivity index (χ3n) is 6.68. The fourth-order valence-electron chi connectivity index (χ4n) is 4.92. The second kappa shape index (κ2) is 10.2. The van der Waals surface area contributed by atoms with Gasteiger partial charge in [0, 0.05) is 31.1 Å². The Morgan fingerprint density at radius 1 is 1.06 bits per heavy atom. The smallest absolute Gasteiger partial charge is 0.290 e. The van der Waals surface area contributed by atoms with Crippen molar-refractivity contribution >= 4 is 23.6 Å². The fraction of sp³-hybridized carbons (Fsp3) is 0.357. The molecule has 0 N–H and O–H groups in total. The summed E-state index contributed by atoms with van der Waals surface area (Å²) in [5, 5.41) is 0. The molecule has 3 heterocycles. The first-order valence-corrected chi connectivity index (χ1v) is 13.2. The highest BCUT2D eigenvalue weighted by Crippen LogP contribution is 2.38. The molecule has 2 atom stereocenters. The van der Waals surface area contributed by atoms with Crippen LogP contribution in [-0.2, 0) is 11.2 Å². The van der Waals surface area contributed by atoms with E-state index in [9.17, 15) is 9.59 Å². The molecule has 1 aromatic heterocycles. The van der Waals surface area contributed by atoms with Crippen molar-refractivity contribution in [2.24, 2.45) is 0 Å². The molecule has 1 saturated heterocycles. The Labute approximate surface area is 210 Å². The summed E-state index contributed by atoms with van der Waals surface area (Å²) in [6.45, 7) is 5.99. The molecule has 5 rings (SSSR count). The van der Waals surface area contributed by atoms with Crippen molar-refractivity contribution in [2.75, 3.05) is 31.1 Å². The Bertz CT molecular complexity index is 1200. The largest absolute Gasteiger partial charge is 0.481 e. The average Bonchev–Trinajstić information content (AvgIpc) is 3.43. The van der Waals surface area contributed by atoms with Gasteiger partial charge >= 0.3 is 0 Å². The average molecular weight is 491 g/mol. The van der Waals surface area contributed by atoms with Crippen LogP contribution in [0.2, 0.25) is 0 Å². The monoisotopic (exact) mass is 490 g/mol.